The van der Waals surface area contributed by atoms with Gasteiger partial charge in [0.25, 0.3) is 11.9 Å². The van der Waals surface area contributed by atoms with Crippen LogP contribution < -0.4 is 0 Å². The van der Waals surface area contributed by atoms with Crippen LogP contribution in [0.1, 0.15) is 9.67 Å². The van der Waals surface area contributed by atoms with Gasteiger partial charge in [-0.1, -0.05) is 6.07 Å². The Hall–Kier alpha value is -1.44. The summed E-state index contributed by atoms with van der Waals surface area (Å²) in [7, 11) is 1.60. The van der Waals surface area contributed by atoms with E-state index in [2.05, 4.69) is 4.99 Å². The fraction of sp³-hybridized carbons (Fsp3) is 0.538. The van der Waals surface area contributed by atoms with E-state index in [4.69, 9.17) is 14.2 Å². The minimum absolute atomic E-state index is 0.279. The van der Waals surface area contributed by atoms with E-state index in [0.29, 0.717) is 50.4 Å². The number of rotatable bonds is 4. The number of ether oxygens (including phenoxy) is 3. The first kappa shape index (κ1) is 15.0. The molecule has 6 nitrogen and oxygen atoms in total. The third-order valence-electron chi connectivity index (χ3n) is 2.73. The molecule has 0 aromatic carbocycles. The standard InChI is InChI=1S/C13H18N2O4S/c1-17-8-9-19-13(15-4-6-18-7-5-15)14-12(16)11-3-2-10-20-11/h2-3,10H,4-9H2,1H3. The highest BCUT2D eigenvalue weighted by Crippen LogP contribution is 2.11. The van der Waals surface area contributed by atoms with Crippen molar-refractivity contribution in [3.05, 3.63) is 22.4 Å². The zero-order valence-corrected chi connectivity index (χ0v) is 12.2. The van der Waals surface area contributed by atoms with Crippen LogP contribution in [-0.4, -0.2) is 63.5 Å². The van der Waals surface area contributed by atoms with E-state index in [1.807, 2.05) is 16.3 Å². The Kier molecular flexibility index (Phi) is 5.97. The Morgan fingerprint density at radius 1 is 1.45 bits per heavy atom. The molecular formula is C13H18N2O4S. The summed E-state index contributed by atoms with van der Waals surface area (Å²) < 4.78 is 15.8. The summed E-state index contributed by atoms with van der Waals surface area (Å²) in [6.45, 7) is 3.38. The van der Waals surface area contributed by atoms with Gasteiger partial charge in [0, 0.05) is 20.2 Å². The molecule has 0 atom stereocenters. The Morgan fingerprint density at radius 2 is 2.25 bits per heavy atom. The number of amidine groups is 1. The number of hydrogen-bond donors (Lipinski definition) is 0. The minimum atomic E-state index is -0.279. The molecule has 110 valence electrons. The van der Waals surface area contributed by atoms with Crippen molar-refractivity contribution in [3.8, 4) is 0 Å². The molecule has 20 heavy (non-hydrogen) atoms. The van der Waals surface area contributed by atoms with E-state index >= 15 is 0 Å². The Balaban J connectivity index is 2.05. The maximum Gasteiger partial charge on any atom is 0.295 e. The summed E-state index contributed by atoms with van der Waals surface area (Å²) in [4.78, 5) is 18.7. The van der Waals surface area contributed by atoms with Gasteiger partial charge in [-0.3, -0.25) is 4.79 Å². The smallest absolute Gasteiger partial charge is 0.295 e. The van der Waals surface area contributed by atoms with E-state index in [0.717, 1.165) is 0 Å². The number of morpholine rings is 1. The van der Waals surface area contributed by atoms with Crippen LogP contribution in [0.15, 0.2) is 22.5 Å². The first-order chi connectivity index (χ1) is 9.81. The van der Waals surface area contributed by atoms with Crippen LogP contribution >= 0.6 is 11.3 Å². The van der Waals surface area contributed by atoms with Crippen molar-refractivity contribution in [2.75, 3.05) is 46.6 Å². The predicted octanol–water partition coefficient (Wildman–Crippen LogP) is 1.24. The van der Waals surface area contributed by atoms with Crippen molar-refractivity contribution in [1.29, 1.82) is 0 Å². The zero-order valence-electron chi connectivity index (χ0n) is 11.4. The van der Waals surface area contributed by atoms with Gasteiger partial charge >= 0.3 is 0 Å². The predicted molar refractivity (Wildman–Crippen MR) is 76.3 cm³/mol. The fourth-order valence-electron chi connectivity index (χ4n) is 1.71. The molecule has 0 N–H and O–H groups in total. The van der Waals surface area contributed by atoms with Gasteiger partial charge in [-0.2, -0.15) is 4.99 Å². The van der Waals surface area contributed by atoms with Crippen LogP contribution in [0.4, 0.5) is 0 Å². The molecule has 1 amide bonds. The third-order valence-corrected chi connectivity index (χ3v) is 3.59. The number of carbonyl (C=O) groups excluding carboxylic acids is 1. The van der Waals surface area contributed by atoms with Gasteiger partial charge in [0.05, 0.1) is 24.7 Å². The lowest BCUT2D eigenvalue weighted by Gasteiger charge is -2.28. The third kappa shape index (κ3) is 4.29. The van der Waals surface area contributed by atoms with Crippen LogP contribution in [0.25, 0.3) is 0 Å². The number of hydrogen-bond acceptors (Lipinski definition) is 5. The highest BCUT2D eigenvalue weighted by Gasteiger charge is 2.18. The number of methoxy groups -OCH3 is 1. The highest BCUT2D eigenvalue weighted by atomic mass is 32.1. The number of thiophene rings is 1. The van der Waals surface area contributed by atoms with Crippen molar-refractivity contribution in [2.45, 2.75) is 0 Å². The molecule has 1 aliphatic rings. The van der Waals surface area contributed by atoms with Crippen molar-refractivity contribution in [1.82, 2.24) is 4.90 Å². The van der Waals surface area contributed by atoms with Gasteiger partial charge in [-0.15, -0.1) is 11.3 Å². The summed E-state index contributed by atoms with van der Waals surface area (Å²) in [5, 5.41) is 1.85. The van der Waals surface area contributed by atoms with Gasteiger partial charge in [0.1, 0.15) is 6.61 Å². The largest absolute Gasteiger partial charge is 0.462 e. The fourth-order valence-corrected chi connectivity index (χ4v) is 2.31. The average molecular weight is 298 g/mol. The first-order valence-electron chi connectivity index (χ1n) is 6.42. The van der Waals surface area contributed by atoms with Crippen LogP contribution in [0.3, 0.4) is 0 Å². The topological polar surface area (TPSA) is 60.4 Å². The molecule has 2 heterocycles. The molecule has 1 saturated heterocycles. The number of carbonyl (C=O) groups is 1. The maximum absolute atomic E-state index is 12.0. The summed E-state index contributed by atoms with van der Waals surface area (Å²) in [6, 6.07) is 3.93. The normalized spacial score (nSPS) is 16.2. The molecule has 7 heteroatoms. The van der Waals surface area contributed by atoms with Gasteiger partial charge < -0.3 is 19.1 Å². The second kappa shape index (κ2) is 7.98. The van der Waals surface area contributed by atoms with E-state index in [-0.39, 0.29) is 5.91 Å². The number of aliphatic imine (C=N–C) groups is 1. The zero-order chi connectivity index (χ0) is 14.2. The molecule has 1 fully saturated rings. The molecule has 0 aliphatic carbocycles. The minimum Gasteiger partial charge on any atom is -0.462 e. The molecule has 1 aromatic heterocycles. The number of nitrogens with zero attached hydrogens (tertiary/aromatic N) is 2. The molecule has 0 saturated carbocycles. The lowest BCUT2D eigenvalue weighted by atomic mass is 10.4. The molecule has 1 aromatic rings. The highest BCUT2D eigenvalue weighted by molar-refractivity contribution is 7.12. The second-order valence-corrected chi connectivity index (χ2v) is 5.07. The van der Waals surface area contributed by atoms with Crippen molar-refractivity contribution >= 4 is 23.3 Å². The molecule has 0 unspecified atom stereocenters. The van der Waals surface area contributed by atoms with Crippen LogP contribution in [-0.2, 0) is 14.2 Å². The van der Waals surface area contributed by atoms with Crippen LogP contribution in [0.5, 0.6) is 0 Å². The molecule has 0 bridgehead atoms. The monoisotopic (exact) mass is 298 g/mol. The van der Waals surface area contributed by atoms with Crippen molar-refractivity contribution in [2.24, 2.45) is 4.99 Å². The lowest BCUT2D eigenvalue weighted by Crippen LogP contribution is -2.42. The Labute approximate surface area is 122 Å². The Morgan fingerprint density at radius 3 is 2.90 bits per heavy atom. The summed E-state index contributed by atoms with van der Waals surface area (Å²) in [5.41, 5.74) is 0. The molecule has 0 radical (unpaired) electrons. The molecular weight excluding hydrogens is 280 g/mol. The van der Waals surface area contributed by atoms with Gasteiger partial charge in [-0.25, -0.2) is 0 Å². The molecule has 2 rings (SSSR count). The van der Waals surface area contributed by atoms with Gasteiger partial charge in [-0.05, 0) is 11.4 Å². The maximum atomic E-state index is 12.0. The van der Waals surface area contributed by atoms with Crippen LogP contribution in [0, 0.1) is 0 Å². The van der Waals surface area contributed by atoms with Crippen molar-refractivity contribution in [3.63, 3.8) is 0 Å². The summed E-state index contributed by atoms with van der Waals surface area (Å²) in [5.74, 6) is -0.279. The van der Waals surface area contributed by atoms with E-state index in [1.54, 1.807) is 13.2 Å². The van der Waals surface area contributed by atoms with Crippen molar-refractivity contribution < 1.29 is 19.0 Å². The lowest BCUT2D eigenvalue weighted by molar-refractivity contribution is 0.0499. The Bertz CT molecular complexity index is 441. The summed E-state index contributed by atoms with van der Waals surface area (Å²) in [6.07, 6.45) is 0. The molecule has 1 aliphatic heterocycles. The second-order valence-electron chi connectivity index (χ2n) is 4.12. The van der Waals surface area contributed by atoms with Gasteiger partial charge in [0.15, 0.2) is 0 Å². The number of amides is 1. The summed E-state index contributed by atoms with van der Waals surface area (Å²) >= 11 is 1.37. The quantitative estimate of drug-likeness (QED) is 0.475. The van der Waals surface area contributed by atoms with Crippen LogP contribution in [0.2, 0.25) is 0 Å². The van der Waals surface area contributed by atoms with E-state index in [1.165, 1.54) is 11.3 Å². The SMILES string of the molecule is COCCOC(=NC(=O)c1cccs1)N1CCOCC1. The van der Waals surface area contributed by atoms with E-state index < -0.39 is 0 Å². The first-order valence-corrected chi connectivity index (χ1v) is 7.30. The average Bonchev–Trinajstić information content (AvgIpc) is 3.01. The van der Waals surface area contributed by atoms with E-state index in [9.17, 15) is 4.79 Å². The molecule has 0 spiro atoms. The van der Waals surface area contributed by atoms with Gasteiger partial charge in [0.2, 0.25) is 0 Å².